The lowest BCUT2D eigenvalue weighted by molar-refractivity contribution is 0.504. The fourth-order valence-corrected chi connectivity index (χ4v) is 3.00. The summed E-state index contributed by atoms with van der Waals surface area (Å²) in [6, 6.07) is 9.05. The van der Waals surface area contributed by atoms with Crippen molar-refractivity contribution in [1.29, 1.82) is 0 Å². The molecule has 0 saturated carbocycles. The second kappa shape index (κ2) is 7.78. The molecule has 4 heteroatoms. The van der Waals surface area contributed by atoms with Gasteiger partial charge in [0.1, 0.15) is 0 Å². The standard InChI is InChI=1S/C15H19BrN2S/c1-2-7-17-14(11-15-18-8-9-19-15)10-12-3-5-13(16)6-4-12/h3-6,8-9,14,17H,2,7,10-11H2,1H3. The lowest BCUT2D eigenvalue weighted by atomic mass is 10.0. The summed E-state index contributed by atoms with van der Waals surface area (Å²) in [6.45, 7) is 3.26. The highest BCUT2D eigenvalue weighted by atomic mass is 79.9. The first-order valence-electron chi connectivity index (χ1n) is 6.64. The number of hydrogen-bond acceptors (Lipinski definition) is 3. The average Bonchev–Trinajstić information content (AvgIpc) is 2.91. The van der Waals surface area contributed by atoms with Crippen LogP contribution in [0.1, 0.15) is 23.9 Å². The molecule has 1 N–H and O–H groups in total. The van der Waals surface area contributed by atoms with Crippen molar-refractivity contribution in [2.75, 3.05) is 6.54 Å². The van der Waals surface area contributed by atoms with E-state index < -0.39 is 0 Å². The van der Waals surface area contributed by atoms with Crippen LogP contribution in [0, 0.1) is 0 Å². The lowest BCUT2D eigenvalue weighted by Crippen LogP contribution is -2.33. The van der Waals surface area contributed by atoms with Crippen LogP contribution in [0.15, 0.2) is 40.3 Å². The molecule has 0 saturated heterocycles. The number of hydrogen-bond donors (Lipinski definition) is 1. The summed E-state index contributed by atoms with van der Waals surface area (Å²) in [5.74, 6) is 0. The number of thiazole rings is 1. The zero-order chi connectivity index (χ0) is 13.5. The van der Waals surface area contributed by atoms with E-state index in [9.17, 15) is 0 Å². The molecule has 2 rings (SSSR count). The minimum atomic E-state index is 0.465. The first-order chi connectivity index (χ1) is 9.28. The van der Waals surface area contributed by atoms with E-state index in [-0.39, 0.29) is 0 Å². The van der Waals surface area contributed by atoms with E-state index in [1.165, 1.54) is 10.6 Å². The van der Waals surface area contributed by atoms with Gasteiger partial charge in [0.05, 0.1) is 5.01 Å². The van der Waals surface area contributed by atoms with Crippen LogP contribution in [0.2, 0.25) is 0 Å². The third kappa shape index (κ3) is 5.05. The van der Waals surface area contributed by atoms with Crippen molar-refractivity contribution in [2.45, 2.75) is 32.2 Å². The van der Waals surface area contributed by atoms with Crippen molar-refractivity contribution >= 4 is 27.3 Å². The number of rotatable bonds is 7. The Bertz CT molecular complexity index is 467. The summed E-state index contributed by atoms with van der Waals surface area (Å²) >= 11 is 5.22. The van der Waals surface area contributed by atoms with Gasteiger partial charge in [-0.1, -0.05) is 35.0 Å². The van der Waals surface area contributed by atoms with Gasteiger partial charge in [0, 0.05) is 28.5 Å². The molecular weight excluding hydrogens is 320 g/mol. The van der Waals surface area contributed by atoms with Crippen LogP contribution >= 0.6 is 27.3 Å². The quantitative estimate of drug-likeness (QED) is 0.823. The van der Waals surface area contributed by atoms with E-state index in [2.05, 4.69) is 57.4 Å². The monoisotopic (exact) mass is 338 g/mol. The van der Waals surface area contributed by atoms with E-state index in [4.69, 9.17) is 0 Å². The highest BCUT2D eigenvalue weighted by molar-refractivity contribution is 9.10. The SMILES string of the molecule is CCCNC(Cc1ccc(Br)cc1)Cc1nccs1. The fourth-order valence-electron chi connectivity index (χ4n) is 2.03. The molecule has 0 aliphatic carbocycles. The van der Waals surface area contributed by atoms with Crippen LogP contribution in [0.3, 0.4) is 0 Å². The van der Waals surface area contributed by atoms with Crippen LogP contribution in [-0.4, -0.2) is 17.6 Å². The maximum Gasteiger partial charge on any atom is 0.0940 e. The Morgan fingerprint density at radius 1 is 1.26 bits per heavy atom. The zero-order valence-electron chi connectivity index (χ0n) is 11.1. The van der Waals surface area contributed by atoms with Crippen molar-refractivity contribution in [3.63, 3.8) is 0 Å². The smallest absolute Gasteiger partial charge is 0.0940 e. The molecular formula is C15H19BrN2S. The summed E-state index contributed by atoms with van der Waals surface area (Å²) in [6.07, 6.45) is 5.10. The first-order valence-corrected chi connectivity index (χ1v) is 8.31. The minimum absolute atomic E-state index is 0.465. The summed E-state index contributed by atoms with van der Waals surface area (Å²) in [4.78, 5) is 4.39. The van der Waals surface area contributed by atoms with E-state index in [1.807, 2.05) is 11.6 Å². The second-order valence-electron chi connectivity index (χ2n) is 4.61. The van der Waals surface area contributed by atoms with Crippen molar-refractivity contribution in [2.24, 2.45) is 0 Å². The maximum atomic E-state index is 4.39. The fraction of sp³-hybridized carbons (Fsp3) is 0.400. The Kier molecular flexibility index (Phi) is 6.01. The van der Waals surface area contributed by atoms with Crippen LogP contribution in [-0.2, 0) is 12.8 Å². The van der Waals surface area contributed by atoms with Crippen LogP contribution in [0.25, 0.3) is 0 Å². The van der Waals surface area contributed by atoms with Crippen LogP contribution < -0.4 is 5.32 Å². The van der Waals surface area contributed by atoms with Gasteiger partial charge in [0.2, 0.25) is 0 Å². The van der Waals surface area contributed by atoms with Crippen molar-refractivity contribution in [3.05, 3.63) is 50.9 Å². The third-order valence-electron chi connectivity index (χ3n) is 2.98. The molecule has 1 heterocycles. The Balaban J connectivity index is 1.98. The largest absolute Gasteiger partial charge is 0.313 e. The second-order valence-corrected chi connectivity index (χ2v) is 6.51. The van der Waals surface area contributed by atoms with Gasteiger partial charge in [-0.25, -0.2) is 4.98 Å². The van der Waals surface area contributed by atoms with E-state index in [0.717, 1.165) is 30.3 Å². The Morgan fingerprint density at radius 2 is 2.05 bits per heavy atom. The van der Waals surface area contributed by atoms with Gasteiger partial charge in [-0.2, -0.15) is 0 Å². The summed E-state index contributed by atoms with van der Waals surface area (Å²) in [5.41, 5.74) is 1.37. The number of nitrogens with zero attached hydrogens (tertiary/aromatic N) is 1. The zero-order valence-corrected chi connectivity index (χ0v) is 13.5. The normalized spacial score (nSPS) is 12.5. The molecule has 2 nitrogen and oxygen atoms in total. The topological polar surface area (TPSA) is 24.9 Å². The summed E-state index contributed by atoms with van der Waals surface area (Å²) < 4.78 is 1.13. The molecule has 19 heavy (non-hydrogen) atoms. The van der Waals surface area contributed by atoms with Crippen molar-refractivity contribution in [3.8, 4) is 0 Å². The Morgan fingerprint density at radius 3 is 2.68 bits per heavy atom. The molecule has 1 aromatic heterocycles. The van der Waals surface area contributed by atoms with Gasteiger partial charge < -0.3 is 5.32 Å². The van der Waals surface area contributed by atoms with Crippen molar-refractivity contribution in [1.82, 2.24) is 10.3 Å². The first kappa shape index (κ1) is 14.7. The van der Waals surface area contributed by atoms with Gasteiger partial charge in [-0.15, -0.1) is 11.3 Å². The molecule has 0 amide bonds. The number of benzene rings is 1. The molecule has 0 fully saturated rings. The van der Waals surface area contributed by atoms with Gasteiger partial charge in [-0.05, 0) is 37.1 Å². The number of nitrogens with one attached hydrogen (secondary N) is 1. The molecule has 1 unspecified atom stereocenters. The molecule has 0 bridgehead atoms. The van der Waals surface area contributed by atoms with Gasteiger partial charge >= 0.3 is 0 Å². The molecule has 102 valence electrons. The molecule has 1 atom stereocenters. The van der Waals surface area contributed by atoms with Crippen LogP contribution in [0.4, 0.5) is 0 Å². The number of aromatic nitrogens is 1. The average molecular weight is 339 g/mol. The van der Waals surface area contributed by atoms with Gasteiger partial charge in [0.15, 0.2) is 0 Å². The Hall–Kier alpha value is -0.710. The van der Waals surface area contributed by atoms with Crippen LogP contribution in [0.5, 0.6) is 0 Å². The highest BCUT2D eigenvalue weighted by Crippen LogP contribution is 2.14. The van der Waals surface area contributed by atoms with E-state index in [0.29, 0.717) is 6.04 Å². The predicted octanol–water partition coefficient (Wildman–Crippen LogP) is 4.06. The summed E-state index contributed by atoms with van der Waals surface area (Å²) in [7, 11) is 0. The minimum Gasteiger partial charge on any atom is -0.313 e. The molecule has 1 aromatic carbocycles. The van der Waals surface area contributed by atoms with Crippen molar-refractivity contribution < 1.29 is 0 Å². The molecule has 0 aliphatic heterocycles. The Labute approximate surface area is 127 Å². The summed E-state index contributed by atoms with van der Waals surface area (Å²) in [5, 5.41) is 6.89. The van der Waals surface area contributed by atoms with E-state index in [1.54, 1.807) is 11.3 Å². The predicted molar refractivity (Wildman–Crippen MR) is 85.7 cm³/mol. The molecule has 2 aromatic rings. The van der Waals surface area contributed by atoms with Gasteiger partial charge in [-0.3, -0.25) is 0 Å². The van der Waals surface area contributed by atoms with E-state index >= 15 is 0 Å². The lowest BCUT2D eigenvalue weighted by Gasteiger charge is -2.17. The molecule has 0 spiro atoms. The third-order valence-corrected chi connectivity index (χ3v) is 4.31. The highest BCUT2D eigenvalue weighted by Gasteiger charge is 2.11. The number of halogens is 1. The molecule has 0 radical (unpaired) electrons. The molecule has 0 aliphatic rings. The van der Waals surface area contributed by atoms with Gasteiger partial charge in [0.25, 0.3) is 0 Å². The maximum absolute atomic E-state index is 4.39.